The van der Waals surface area contributed by atoms with Crippen LogP contribution in [0.2, 0.25) is 0 Å². The zero-order valence-corrected chi connectivity index (χ0v) is 11.5. The highest BCUT2D eigenvalue weighted by Gasteiger charge is 2.13. The van der Waals surface area contributed by atoms with E-state index >= 15 is 0 Å². The second-order valence-corrected chi connectivity index (χ2v) is 4.31. The number of ether oxygens (including phenoxy) is 1. The summed E-state index contributed by atoms with van der Waals surface area (Å²) in [5.74, 6) is -0.123. The maximum absolute atomic E-state index is 11.8. The third kappa shape index (κ3) is 4.60. The Morgan fingerprint density at radius 2 is 2.26 bits per heavy atom. The van der Waals surface area contributed by atoms with Gasteiger partial charge in [0.15, 0.2) is 0 Å². The molecule has 1 atom stereocenters. The lowest BCUT2D eigenvalue weighted by atomic mass is 10.1. The van der Waals surface area contributed by atoms with Gasteiger partial charge in [0, 0.05) is 13.7 Å². The van der Waals surface area contributed by atoms with Crippen LogP contribution in [0.3, 0.4) is 0 Å². The molecule has 0 aliphatic rings. The van der Waals surface area contributed by atoms with Crippen LogP contribution >= 0.6 is 0 Å². The Morgan fingerprint density at radius 3 is 2.89 bits per heavy atom. The van der Waals surface area contributed by atoms with E-state index in [4.69, 9.17) is 10.00 Å². The summed E-state index contributed by atoms with van der Waals surface area (Å²) in [4.78, 5) is 11.8. The molecule has 5 heteroatoms. The molecule has 0 aliphatic heterocycles. The van der Waals surface area contributed by atoms with Gasteiger partial charge in [0.25, 0.3) is 0 Å². The lowest BCUT2D eigenvalue weighted by molar-refractivity contribution is -0.121. The molecule has 0 saturated heterocycles. The summed E-state index contributed by atoms with van der Waals surface area (Å²) in [5.41, 5.74) is 2.24. The van der Waals surface area contributed by atoms with Gasteiger partial charge < -0.3 is 15.4 Å². The molecule has 0 radical (unpaired) electrons. The van der Waals surface area contributed by atoms with Gasteiger partial charge in [-0.25, -0.2) is 0 Å². The molecular formula is C14H19N3O2. The third-order valence-electron chi connectivity index (χ3n) is 2.67. The minimum absolute atomic E-state index is 0.123. The highest BCUT2D eigenvalue weighted by molar-refractivity contribution is 5.84. The molecule has 0 heterocycles. The molecule has 1 unspecified atom stereocenters. The molecule has 19 heavy (non-hydrogen) atoms. The lowest BCUT2D eigenvalue weighted by Gasteiger charge is -2.16. The fourth-order valence-electron chi connectivity index (χ4n) is 1.60. The number of nitrogens with one attached hydrogen (secondary N) is 2. The summed E-state index contributed by atoms with van der Waals surface area (Å²) in [5, 5.41) is 14.8. The Morgan fingerprint density at radius 1 is 1.53 bits per heavy atom. The molecule has 1 rings (SSSR count). The minimum atomic E-state index is -0.411. The fourth-order valence-corrected chi connectivity index (χ4v) is 1.60. The first-order chi connectivity index (χ1) is 9.08. The van der Waals surface area contributed by atoms with Crippen LogP contribution in [0.15, 0.2) is 18.2 Å². The maximum Gasteiger partial charge on any atom is 0.242 e. The Bertz CT molecular complexity index is 480. The number of nitrogens with zero attached hydrogens (tertiary/aromatic N) is 1. The van der Waals surface area contributed by atoms with Crippen molar-refractivity contribution >= 4 is 11.6 Å². The molecule has 0 bridgehead atoms. The van der Waals surface area contributed by atoms with Gasteiger partial charge in [0.2, 0.25) is 5.91 Å². The van der Waals surface area contributed by atoms with Crippen molar-refractivity contribution in [2.24, 2.45) is 0 Å². The SMILES string of the molecule is COCCNC(=O)C(C)Nc1cc(C)ccc1C#N. The Labute approximate surface area is 113 Å². The summed E-state index contributed by atoms with van der Waals surface area (Å²) in [6, 6.07) is 7.16. The van der Waals surface area contributed by atoms with E-state index in [1.807, 2.05) is 19.1 Å². The number of aryl methyl sites for hydroxylation is 1. The highest BCUT2D eigenvalue weighted by atomic mass is 16.5. The Hall–Kier alpha value is -2.06. The summed E-state index contributed by atoms with van der Waals surface area (Å²) >= 11 is 0. The van der Waals surface area contributed by atoms with Gasteiger partial charge in [-0.3, -0.25) is 4.79 Å². The van der Waals surface area contributed by atoms with Crippen LogP contribution in [0, 0.1) is 18.3 Å². The standard InChI is InChI=1S/C14H19N3O2/c1-10-4-5-12(9-15)13(8-10)17-11(2)14(18)16-6-7-19-3/h4-5,8,11,17H,6-7H2,1-3H3,(H,16,18). The van der Waals surface area contributed by atoms with E-state index < -0.39 is 6.04 Å². The van der Waals surface area contributed by atoms with E-state index in [9.17, 15) is 4.79 Å². The third-order valence-corrected chi connectivity index (χ3v) is 2.67. The summed E-state index contributed by atoms with van der Waals surface area (Å²) in [7, 11) is 1.58. The van der Waals surface area contributed by atoms with Gasteiger partial charge in [-0.05, 0) is 31.5 Å². The van der Waals surface area contributed by atoms with Crippen LogP contribution in [-0.4, -0.2) is 32.2 Å². The van der Waals surface area contributed by atoms with Crippen molar-refractivity contribution in [3.63, 3.8) is 0 Å². The number of carbonyl (C=O) groups is 1. The van der Waals surface area contributed by atoms with Crippen LogP contribution in [-0.2, 0) is 9.53 Å². The number of amides is 1. The van der Waals surface area contributed by atoms with Crippen molar-refractivity contribution in [3.05, 3.63) is 29.3 Å². The van der Waals surface area contributed by atoms with Crippen molar-refractivity contribution in [1.82, 2.24) is 5.32 Å². The molecule has 0 fully saturated rings. The average molecular weight is 261 g/mol. The van der Waals surface area contributed by atoms with Crippen molar-refractivity contribution < 1.29 is 9.53 Å². The van der Waals surface area contributed by atoms with Gasteiger partial charge in [-0.15, -0.1) is 0 Å². The number of benzene rings is 1. The molecule has 0 spiro atoms. The molecule has 102 valence electrons. The number of hydrogen-bond acceptors (Lipinski definition) is 4. The molecule has 1 aromatic rings. The summed E-state index contributed by atoms with van der Waals surface area (Å²) < 4.78 is 4.86. The number of methoxy groups -OCH3 is 1. The molecule has 2 N–H and O–H groups in total. The van der Waals surface area contributed by atoms with Crippen LogP contribution in [0.4, 0.5) is 5.69 Å². The van der Waals surface area contributed by atoms with E-state index in [0.29, 0.717) is 24.4 Å². The summed E-state index contributed by atoms with van der Waals surface area (Å²) in [6.45, 7) is 4.65. The smallest absolute Gasteiger partial charge is 0.242 e. The predicted molar refractivity (Wildman–Crippen MR) is 73.9 cm³/mol. The van der Waals surface area contributed by atoms with E-state index in [0.717, 1.165) is 5.56 Å². The van der Waals surface area contributed by atoms with E-state index in [-0.39, 0.29) is 5.91 Å². The first-order valence-corrected chi connectivity index (χ1v) is 6.12. The van der Waals surface area contributed by atoms with Crippen LogP contribution in [0.5, 0.6) is 0 Å². The fraction of sp³-hybridized carbons (Fsp3) is 0.429. The van der Waals surface area contributed by atoms with Crippen molar-refractivity contribution in [3.8, 4) is 6.07 Å². The first kappa shape index (κ1) is 15.0. The Balaban J connectivity index is 2.66. The first-order valence-electron chi connectivity index (χ1n) is 6.12. The second-order valence-electron chi connectivity index (χ2n) is 4.31. The molecule has 1 amide bonds. The van der Waals surface area contributed by atoms with Gasteiger partial charge in [-0.1, -0.05) is 6.07 Å². The van der Waals surface area contributed by atoms with Crippen LogP contribution in [0.25, 0.3) is 0 Å². The van der Waals surface area contributed by atoms with Crippen molar-refractivity contribution in [2.45, 2.75) is 19.9 Å². The predicted octanol–water partition coefficient (Wildman–Crippen LogP) is 1.43. The lowest BCUT2D eigenvalue weighted by Crippen LogP contribution is -2.39. The molecule has 5 nitrogen and oxygen atoms in total. The second kappa shape index (κ2) is 7.39. The highest BCUT2D eigenvalue weighted by Crippen LogP contribution is 2.17. The minimum Gasteiger partial charge on any atom is -0.383 e. The van der Waals surface area contributed by atoms with Gasteiger partial charge >= 0.3 is 0 Å². The number of carbonyl (C=O) groups excluding carboxylic acids is 1. The van der Waals surface area contributed by atoms with Crippen LogP contribution < -0.4 is 10.6 Å². The quantitative estimate of drug-likeness (QED) is 0.760. The van der Waals surface area contributed by atoms with Gasteiger partial charge in [0.05, 0.1) is 17.9 Å². The largest absolute Gasteiger partial charge is 0.383 e. The van der Waals surface area contributed by atoms with E-state index in [2.05, 4.69) is 16.7 Å². The topological polar surface area (TPSA) is 74.2 Å². The zero-order valence-electron chi connectivity index (χ0n) is 11.5. The summed E-state index contributed by atoms with van der Waals surface area (Å²) in [6.07, 6.45) is 0. The Kier molecular flexibility index (Phi) is 5.83. The molecule has 1 aromatic carbocycles. The molecule has 0 saturated carbocycles. The average Bonchev–Trinajstić information content (AvgIpc) is 2.39. The molecule has 0 aliphatic carbocycles. The molecular weight excluding hydrogens is 242 g/mol. The van der Waals surface area contributed by atoms with Crippen molar-refractivity contribution in [1.29, 1.82) is 5.26 Å². The van der Waals surface area contributed by atoms with Crippen molar-refractivity contribution in [2.75, 3.05) is 25.6 Å². The number of hydrogen-bond donors (Lipinski definition) is 2. The van der Waals surface area contributed by atoms with Gasteiger partial charge in [0.1, 0.15) is 12.1 Å². The number of nitriles is 1. The molecule has 0 aromatic heterocycles. The monoisotopic (exact) mass is 261 g/mol. The van der Waals surface area contributed by atoms with E-state index in [1.54, 1.807) is 20.1 Å². The zero-order chi connectivity index (χ0) is 14.3. The number of rotatable bonds is 6. The number of anilines is 1. The van der Waals surface area contributed by atoms with Gasteiger partial charge in [-0.2, -0.15) is 5.26 Å². The van der Waals surface area contributed by atoms with Crippen LogP contribution in [0.1, 0.15) is 18.1 Å². The normalized spacial score (nSPS) is 11.5. The van der Waals surface area contributed by atoms with E-state index in [1.165, 1.54) is 0 Å². The maximum atomic E-state index is 11.8.